The lowest BCUT2D eigenvalue weighted by atomic mass is 10.2. The molecule has 27 heavy (non-hydrogen) atoms. The Labute approximate surface area is 162 Å². The topological polar surface area (TPSA) is 130 Å². The molecule has 2 rings (SSSR count). The number of urea groups is 1. The van der Waals surface area contributed by atoms with Gasteiger partial charge in [0.15, 0.2) is 16.9 Å². The van der Waals surface area contributed by atoms with Crippen LogP contribution in [-0.4, -0.2) is 40.0 Å². The number of nitrogens with two attached hydrogens (primary N) is 1. The quantitative estimate of drug-likeness (QED) is 0.295. The van der Waals surface area contributed by atoms with E-state index >= 15 is 0 Å². The number of hydrogen-bond acceptors (Lipinski definition) is 6. The van der Waals surface area contributed by atoms with E-state index in [-0.39, 0.29) is 6.03 Å². The fourth-order valence-corrected chi connectivity index (χ4v) is 2.85. The largest absolute Gasteiger partial charge is 0.370 e. The highest BCUT2D eigenvalue weighted by molar-refractivity contribution is 7.14. The van der Waals surface area contributed by atoms with E-state index in [2.05, 4.69) is 42.8 Å². The van der Waals surface area contributed by atoms with Crippen LogP contribution in [-0.2, 0) is 6.54 Å². The third-order valence-corrected chi connectivity index (χ3v) is 4.25. The SMILES string of the molecule is CCCCCN=C(N)Nc1nc(-c2nccc(CNC(=O)NCC)n2)cs1. The number of anilines is 1. The molecular formula is C17H26N8OS. The smallest absolute Gasteiger partial charge is 0.315 e. The molecule has 0 unspecified atom stereocenters. The third-order valence-electron chi connectivity index (χ3n) is 3.49. The van der Waals surface area contributed by atoms with Gasteiger partial charge in [-0.15, -0.1) is 11.3 Å². The fourth-order valence-electron chi connectivity index (χ4n) is 2.16. The summed E-state index contributed by atoms with van der Waals surface area (Å²) in [4.78, 5) is 28.9. The number of thiazole rings is 1. The number of carbonyl (C=O) groups is 1. The number of aromatic nitrogens is 3. The first-order chi connectivity index (χ1) is 13.1. The minimum Gasteiger partial charge on any atom is -0.370 e. The van der Waals surface area contributed by atoms with Gasteiger partial charge in [0.2, 0.25) is 0 Å². The van der Waals surface area contributed by atoms with Crippen LogP contribution in [0.2, 0.25) is 0 Å². The molecule has 0 aromatic carbocycles. The summed E-state index contributed by atoms with van der Waals surface area (Å²) in [6.45, 7) is 5.59. The van der Waals surface area contributed by atoms with Crippen LogP contribution in [0.15, 0.2) is 22.6 Å². The molecule has 9 nitrogen and oxygen atoms in total. The van der Waals surface area contributed by atoms with Gasteiger partial charge in [0, 0.05) is 24.7 Å². The lowest BCUT2D eigenvalue weighted by Gasteiger charge is -2.05. The maximum absolute atomic E-state index is 11.5. The van der Waals surface area contributed by atoms with Crippen molar-refractivity contribution in [2.75, 3.05) is 18.4 Å². The molecule has 146 valence electrons. The van der Waals surface area contributed by atoms with Gasteiger partial charge >= 0.3 is 6.03 Å². The van der Waals surface area contributed by atoms with Crippen LogP contribution in [0.4, 0.5) is 9.93 Å². The van der Waals surface area contributed by atoms with Crippen LogP contribution in [0.3, 0.4) is 0 Å². The van der Waals surface area contributed by atoms with Crippen molar-refractivity contribution in [3.63, 3.8) is 0 Å². The molecule has 2 heterocycles. The van der Waals surface area contributed by atoms with Crippen molar-refractivity contribution in [3.8, 4) is 11.5 Å². The van der Waals surface area contributed by atoms with Crippen LogP contribution in [0.25, 0.3) is 11.5 Å². The second-order valence-electron chi connectivity index (χ2n) is 5.72. The van der Waals surface area contributed by atoms with Crippen molar-refractivity contribution in [1.29, 1.82) is 0 Å². The molecule has 0 atom stereocenters. The Kier molecular flexibility index (Phi) is 8.43. The van der Waals surface area contributed by atoms with Crippen molar-refractivity contribution >= 4 is 28.5 Å². The summed E-state index contributed by atoms with van der Waals surface area (Å²) in [5, 5.41) is 10.9. The maximum Gasteiger partial charge on any atom is 0.315 e. The summed E-state index contributed by atoms with van der Waals surface area (Å²) in [7, 11) is 0. The summed E-state index contributed by atoms with van der Waals surface area (Å²) in [5.41, 5.74) is 7.22. The van der Waals surface area contributed by atoms with Gasteiger partial charge in [0.25, 0.3) is 0 Å². The Morgan fingerprint density at radius 3 is 2.89 bits per heavy atom. The predicted octanol–water partition coefficient (Wildman–Crippen LogP) is 2.34. The van der Waals surface area contributed by atoms with E-state index < -0.39 is 0 Å². The van der Waals surface area contributed by atoms with Crippen LogP contribution in [0.1, 0.15) is 38.8 Å². The molecule has 2 aromatic rings. The van der Waals surface area contributed by atoms with Crippen molar-refractivity contribution in [2.24, 2.45) is 10.7 Å². The van der Waals surface area contributed by atoms with Crippen molar-refractivity contribution < 1.29 is 4.79 Å². The molecule has 0 aliphatic rings. The molecule has 0 saturated heterocycles. The molecule has 10 heteroatoms. The van der Waals surface area contributed by atoms with Gasteiger partial charge in [-0.05, 0) is 19.4 Å². The highest BCUT2D eigenvalue weighted by Gasteiger charge is 2.09. The van der Waals surface area contributed by atoms with Gasteiger partial charge in [0.1, 0.15) is 5.69 Å². The number of unbranched alkanes of at least 4 members (excludes halogenated alkanes) is 2. The molecule has 0 radical (unpaired) electrons. The number of carbonyl (C=O) groups excluding carboxylic acids is 1. The fraction of sp³-hybridized carbons (Fsp3) is 0.471. The summed E-state index contributed by atoms with van der Waals surface area (Å²) in [5.74, 6) is 0.848. The molecule has 5 N–H and O–H groups in total. The maximum atomic E-state index is 11.5. The van der Waals surface area contributed by atoms with Gasteiger partial charge in [-0.3, -0.25) is 4.99 Å². The zero-order valence-electron chi connectivity index (χ0n) is 15.7. The van der Waals surface area contributed by atoms with Crippen LogP contribution in [0.5, 0.6) is 0 Å². The molecule has 0 bridgehead atoms. The first kappa shape index (κ1) is 20.6. The summed E-state index contributed by atoms with van der Waals surface area (Å²) in [6.07, 6.45) is 4.96. The molecule has 0 aliphatic heterocycles. The Morgan fingerprint density at radius 2 is 2.11 bits per heavy atom. The first-order valence-corrected chi connectivity index (χ1v) is 9.86. The molecule has 0 fully saturated rings. The monoisotopic (exact) mass is 390 g/mol. The number of amides is 2. The lowest BCUT2D eigenvalue weighted by molar-refractivity contribution is 0.241. The zero-order chi connectivity index (χ0) is 19.5. The van der Waals surface area contributed by atoms with E-state index in [0.29, 0.717) is 47.9 Å². The Hall–Kier alpha value is -2.75. The minimum absolute atomic E-state index is 0.230. The van der Waals surface area contributed by atoms with Crippen LogP contribution >= 0.6 is 11.3 Å². The number of hydrogen-bond donors (Lipinski definition) is 4. The molecule has 2 amide bonds. The van der Waals surface area contributed by atoms with E-state index in [4.69, 9.17) is 5.73 Å². The number of rotatable bonds is 9. The average Bonchev–Trinajstić information content (AvgIpc) is 3.12. The zero-order valence-corrected chi connectivity index (χ0v) is 16.5. The third kappa shape index (κ3) is 7.18. The van der Waals surface area contributed by atoms with E-state index in [1.165, 1.54) is 11.3 Å². The van der Waals surface area contributed by atoms with Crippen molar-refractivity contribution in [1.82, 2.24) is 25.6 Å². The second-order valence-corrected chi connectivity index (χ2v) is 6.58. The van der Waals surface area contributed by atoms with Gasteiger partial charge in [-0.2, -0.15) is 0 Å². The second kappa shape index (κ2) is 11.1. The van der Waals surface area contributed by atoms with E-state index in [1.54, 1.807) is 12.3 Å². The summed E-state index contributed by atoms with van der Waals surface area (Å²) >= 11 is 1.40. The normalized spacial score (nSPS) is 11.3. The summed E-state index contributed by atoms with van der Waals surface area (Å²) < 4.78 is 0. The van der Waals surface area contributed by atoms with Gasteiger partial charge in [0.05, 0.1) is 12.2 Å². The van der Waals surface area contributed by atoms with E-state index in [9.17, 15) is 4.79 Å². The minimum atomic E-state index is -0.230. The highest BCUT2D eigenvalue weighted by Crippen LogP contribution is 2.22. The van der Waals surface area contributed by atoms with Crippen LogP contribution in [0, 0.1) is 0 Å². The number of aliphatic imine (C=N–C) groups is 1. The van der Waals surface area contributed by atoms with Crippen LogP contribution < -0.4 is 21.7 Å². The Bertz CT molecular complexity index is 761. The Morgan fingerprint density at radius 1 is 1.26 bits per heavy atom. The van der Waals surface area contributed by atoms with Crippen molar-refractivity contribution in [2.45, 2.75) is 39.7 Å². The van der Waals surface area contributed by atoms with Crippen molar-refractivity contribution in [3.05, 3.63) is 23.3 Å². The van der Waals surface area contributed by atoms with E-state index in [0.717, 1.165) is 19.3 Å². The average molecular weight is 391 g/mol. The van der Waals surface area contributed by atoms with E-state index in [1.807, 2.05) is 12.3 Å². The lowest BCUT2D eigenvalue weighted by Crippen LogP contribution is -2.34. The Balaban J connectivity index is 1.95. The number of nitrogens with one attached hydrogen (secondary N) is 3. The predicted molar refractivity (Wildman–Crippen MR) is 109 cm³/mol. The van der Waals surface area contributed by atoms with Gasteiger partial charge < -0.3 is 21.7 Å². The molecule has 0 saturated carbocycles. The number of guanidine groups is 1. The summed E-state index contributed by atoms with van der Waals surface area (Å²) in [6, 6.07) is 1.52. The molecular weight excluding hydrogens is 364 g/mol. The first-order valence-electron chi connectivity index (χ1n) is 8.98. The molecule has 0 aliphatic carbocycles. The van der Waals surface area contributed by atoms with Gasteiger partial charge in [-0.1, -0.05) is 19.8 Å². The number of nitrogens with zero attached hydrogens (tertiary/aromatic N) is 4. The highest BCUT2D eigenvalue weighted by atomic mass is 32.1. The molecule has 2 aromatic heterocycles. The van der Waals surface area contributed by atoms with Gasteiger partial charge in [-0.25, -0.2) is 19.7 Å². The standard InChI is InChI=1S/C17H26N8OS/c1-3-5-6-8-21-15(18)25-17-24-13(11-27-17)14-20-9-7-12(23-14)10-22-16(26)19-4-2/h7,9,11H,3-6,8,10H2,1-2H3,(H2,19,22,26)(H3,18,21,24,25). The molecule has 0 spiro atoms.